The summed E-state index contributed by atoms with van der Waals surface area (Å²) < 4.78 is 19.4. The Balaban J connectivity index is 1.65. The predicted molar refractivity (Wildman–Crippen MR) is 103 cm³/mol. The number of nitrogens with one attached hydrogen (secondary N) is 1. The number of aromatic nitrogens is 1. The van der Waals surface area contributed by atoms with Gasteiger partial charge in [-0.25, -0.2) is 4.39 Å². The third-order valence-electron chi connectivity index (χ3n) is 5.14. The van der Waals surface area contributed by atoms with Crippen LogP contribution in [0.5, 0.6) is 0 Å². The number of halogens is 2. The first-order valence-electron chi connectivity index (χ1n) is 9.42. The number of amides is 1. The second-order valence-electron chi connectivity index (χ2n) is 7.05. The molecule has 5 nitrogen and oxygen atoms in total. The van der Waals surface area contributed by atoms with Gasteiger partial charge in [-0.15, -0.1) is 0 Å². The van der Waals surface area contributed by atoms with Crippen molar-refractivity contribution in [3.63, 3.8) is 0 Å². The number of piperidine rings is 1. The first-order chi connectivity index (χ1) is 13.0. The Hall–Kier alpha value is -1.92. The molecule has 2 aromatic rings. The van der Waals surface area contributed by atoms with Gasteiger partial charge in [-0.1, -0.05) is 29.2 Å². The fourth-order valence-electron chi connectivity index (χ4n) is 3.60. The topological polar surface area (TPSA) is 58.4 Å². The Labute approximate surface area is 163 Å². The van der Waals surface area contributed by atoms with Crippen LogP contribution in [-0.4, -0.2) is 41.6 Å². The van der Waals surface area contributed by atoms with Gasteiger partial charge in [0.1, 0.15) is 22.8 Å². The highest BCUT2D eigenvalue weighted by Gasteiger charge is 2.25. The van der Waals surface area contributed by atoms with Crippen LogP contribution in [0, 0.1) is 12.7 Å². The summed E-state index contributed by atoms with van der Waals surface area (Å²) in [4.78, 5) is 15.1. The van der Waals surface area contributed by atoms with Crippen LogP contribution in [0.4, 0.5) is 4.39 Å². The quantitative estimate of drug-likeness (QED) is 0.737. The Morgan fingerprint density at radius 2 is 2.26 bits per heavy atom. The van der Waals surface area contributed by atoms with E-state index < -0.39 is 5.82 Å². The average Bonchev–Trinajstić information content (AvgIpc) is 3.01. The molecule has 1 aromatic heterocycles. The molecule has 1 aliphatic heterocycles. The smallest absolute Gasteiger partial charge is 0.257 e. The molecule has 1 amide bonds. The van der Waals surface area contributed by atoms with Crippen LogP contribution < -0.4 is 5.32 Å². The number of carbonyl (C=O) groups excluding carboxylic acids is 1. The molecule has 7 heteroatoms. The monoisotopic (exact) mass is 393 g/mol. The molecule has 1 N–H and O–H groups in total. The molecule has 2 heterocycles. The largest absolute Gasteiger partial charge is 0.360 e. The molecule has 1 aromatic carbocycles. The van der Waals surface area contributed by atoms with Gasteiger partial charge in [-0.3, -0.25) is 4.79 Å². The van der Waals surface area contributed by atoms with Crippen molar-refractivity contribution in [2.24, 2.45) is 0 Å². The van der Waals surface area contributed by atoms with Gasteiger partial charge in [0.05, 0.1) is 10.6 Å². The van der Waals surface area contributed by atoms with Crippen LogP contribution in [0.2, 0.25) is 5.02 Å². The van der Waals surface area contributed by atoms with E-state index in [-0.39, 0.29) is 27.8 Å². The van der Waals surface area contributed by atoms with E-state index in [1.54, 1.807) is 13.0 Å². The average molecular weight is 394 g/mol. The molecule has 146 valence electrons. The maximum absolute atomic E-state index is 14.2. The molecular formula is C20H25ClFN3O2. The second-order valence-corrected chi connectivity index (χ2v) is 7.46. The summed E-state index contributed by atoms with van der Waals surface area (Å²) in [7, 11) is 0. The minimum Gasteiger partial charge on any atom is -0.360 e. The standard InChI is InChI=1S/C20H25ClFN3O2/c1-13-7-3-4-11-25(13)12-6-10-23-20(26)17-14(2)27-24-19(17)18-15(21)8-5-9-16(18)22/h5,8-9,13H,3-4,6-7,10-12H2,1-2H3,(H,23,26)/t13-/m0/s1. The highest BCUT2D eigenvalue weighted by molar-refractivity contribution is 6.33. The molecular weight excluding hydrogens is 369 g/mol. The molecule has 1 aliphatic rings. The second kappa shape index (κ2) is 8.85. The van der Waals surface area contributed by atoms with Gasteiger partial charge in [0.15, 0.2) is 0 Å². The van der Waals surface area contributed by atoms with E-state index in [2.05, 4.69) is 22.3 Å². The lowest BCUT2D eigenvalue weighted by Crippen LogP contribution is -2.39. The van der Waals surface area contributed by atoms with Crippen LogP contribution >= 0.6 is 11.6 Å². The number of likely N-dealkylation sites (tertiary alicyclic amines) is 1. The molecule has 3 rings (SSSR count). The Bertz CT molecular complexity index is 788. The lowest BCUT2D eigenvalue weighted by molar-refractivity contribution is 0.0948. The first-order valence-corrected chi connectivity index (χ1v) is 9.79. The summed E-state index contributed by atoms with van der Waals surface area (Å²) >= 11 is 6.12. The summed E-state index contributed by atoms with van der Waals surface area (Å²) in [5, 5.41) is 6.96. The third-order valence-corrected chi connectivity index (χ3v) is 5.45. The van der Waals surface area contributed by atoms with Crippen molar-refractivity contribution in [1.82, 2.24) is 15.4 Å². The number of benzene rings is 1. The normalized spacial score (nSPS) is 17.9. The summed E-state index contributed by atoms with van der Waals surface area (Å²) in [6.45, 7) is 6.50. The van der Waals surface area contributed by atoms with Crippen LogP contribution in [0.1, 0.15) is 48.7 Å². The molecule has 0 unspecified atom stereocenters. The zero-order valence-electron chi connectivity index (χ0n) is 15.7. The lowest BCUT2D eigenvalue weighted by atomic mass is 10.0. The maximum Gasteiger partial charge on any atom is 0.257 e. The SMILES string of the molecule is Cc1onc(-c2c(F)cccc2Cl)c1C(=O)NCCCN1CCCC[C@@H]1C. The van der Waals surface area contributed by atoms with E-state index >= 15 is 0 Å². The van der Waals surface area contributed by atoms with Crippen molar-refractivity contribution >= 4 is 17.5 Å². The van der Waals surface area contributed by atoms with Crippen molar-refractivity contribution in [3.05, 3.63) is 40.4 Å². The predicted octanol–water partition coefficient (Wildman–Crippen LogP) is 4.44. The lowest BCUT2D eigenvalue weighted by Gasteiger charge is -2.33. The molecule has 0 bridgehead atoms. The van der Waals surface area contributed by atoms with Crippen LogP contribution in [0.3, 0.4) is 0 Å². The van der Waals surface area contributed by atoms with E-state index in [1.807, 2.05) is 0 Å². The molecule has 1 saturated heterocycles. The molecule has 1 fully saturated rings. The van der Waals surface area contributed by atoms with Gasteiger partial charge in [0, 0.05) is 19.1 Å². The number of hydrogen-bond donors (Lipinski definition) is 1. The number of hydrogen-bond acceptors (Lipinski definition) is 4. The molecule has 27 heavy (non-hydrogen) atoms. The van der Waals surface area contributed by atoms with Crippen LogP contribution in [0.15, 0.2) is 22.7 Å². The number of rotatable bonds is 6. The van der Waals surface area contributed by atoms with Crippen LogP contribution in [0.25, 0.3) is 11.3 Å². The van der Waals surface area contributed by atoms with Gasteiger partial charge in [0.2, 0.25) is 0 Å². The minimum atomic E-state index is -0.538. The summed E-state index contributed by atoms with van der Waals surface area (Å²) in [6, 6.07) is 4.96. The van der Waals surface area contributed by atoms with Crippen molar-refractivity contribution < 1.29 is 13.7 Å². The van der Waals surface area contributed by atoms with Crippen molar-refractivity contribution in [2.45, 2.75) is 45.6 Å². The number of carbonyl (C=O) groups is 1. The Kier molecular flexibility index (Phi) is 6.50. The maximum atomic E-state index is 14.2. The van der Waals surface area contributed by atoms with Gasteiger partial charge in [0.25, 0.3) is 5.91 Å². The molecule has 0 saturated carbocycles. The van der Waals surface area contributed by atoms with Crippen molar-refractivity contribution in [3.8, 4) is 11.3 Å². The third kappa shape index (κ3) is 4.50. The van der Waals surface area contributed by atoms with Crippen molar-refractivity contribution in [1.29, 1.82) is 0 Å². The minimum absolute atomic E-state index is 0.0864. The van der Waals surface area contributed by atoms with Gasteiger partial charge >= 0.3 is 0 Å². The summed E-state index contributed by atoms with van der Waals surface area (Å²) in [6.07, 6.45) is 4.63. The van der Waals surface area contributed by atoms with E-state index in [0.717, 1.165) is 19.5 Å². The van der Waals surface area contributed by atoms with Gasteiger partial charge in [-0.05, 0) is 51.8 Å². The zero-order chi connectivity index (χ0) is 19.4. The number of nitrogens with zero attached hydrogens (tertiary/aromatic N) is 2. The van der Waals surface area contributed by atoms with E-state index in [9.17, 15) is 9.18 Å². The van der Waals surface area contributed by atoms with E-state index in [4.69, 9.17) is 16.1 Å². The zero-order valence-corrected chi connectivity index (χ0v) is 16.5. The molecule has 0 radical (unpaired) electrons. The van der Waals surface area contributed by atoms with E-state index in [1.165, 1.54) is 31.4 Å². The fraction of sp³-hybridized carbons (Fsp3) is 0.500. The Morgan fingerprint density at radius 3 is 3.00 bits per heavy atom. The molecule has 0 aliphatic carbocycles. The van der Waals surface area contributed by atoms with Crippen molar-refractivity contribution in [2.75, 3.05) is 19.6 Å². The highest BCUT2D eigenvalue weighted by Crippen LogP contribution is 2.33. The van der Waals surface area contributed by atoms with Gasteiger partial charge in [-0.2, -0.15) is 0 Å². The van der Waals surface area contributed by atoms with E-state index in [0.29, 0.717) is 18.3 Å². The Morgan fingerprint density at radius 1 is 1.44 bits per heavy atom. The molecule has 1 atom stereocenters. The summed E-state index contributed by atoms with van der Waals surface area (Å²) in [5.41, 5.74) is 0.453. The summed E-state index contributed by atoms with van der Waals surface area (Å²) in [5.74, 6) is -0.523. The molecule has 0 spiro atoms. The first kappa shape index (κ1) is 19.8. The van der Waals surface area contributed by atoms with Gasteiger partial charge < -0.3 is 14.7 Å². The highest BCUT2D eigenvalue weighted by atomic mass is 35.5. The van der Waals surface area contributed by atoms with Crippen LogP contribution in [-0.2, 0) is 0 Å². The fourth-order valence-corrected chi connectivity index (χ4v) is 3.85. The number of aryl methyl sites for hydroxylation is 1.